The molecule has 0 bridgehead atoms. The molecule has 1 heterocycles. The van der Waals surface area contributed by atoms with E-state index in [2.05, 4.69) is 31.0 Å². The highest BCUT2D eigenvalue weighted by molar-refractivity contribution is 4.87. The van der Waals surface area contributed by atoms with Gasteiger partial charge in [-0.05, 0) is 69.9 Å². The van der Waals surface area contributed by atoms with Gasteiger partial charge in [-0.3, -0.25) is 4.90 Å². The number of piperidine rings is 1. The van der Waals surface area contributed by atoms with Crippen molar-refractivity contribution in [2.75, 3.05) is 19.6 Å². The van der Waals surface area contributed by atoms with Gasteiger partial charge < -0.3 is 5.32 Å². The summed E-state index contributed by atoms with van der Waals surface area (Å²) in [5, 5.41) is 3.60. The highest BCUT2D eigenvalue weighted by atomic mass is 15.2. The molecule has 2 fully saturated rings. The molecule has 1 saturated heterocycles. The Bertz CT molecular complexity index is 238. The minimum atomic E-state index is 0.814. The molecule has 0 aromatic rings. The Balaban J connectivity index is 1.88. The molecule has 0 amide bonds. The number of nitrogens with zero attached hydrogens (tertiary/aromatic N) is 1. The Labute approximate surface area is 120 Å². The van der Waals surface area contributed by atoms with Crippen molar-refractivity contribution in [3.63, 3.8) is 0 Å². The van der Waals surface area contributed by atoms with Gasteiger partial charge in [0.15, 0.2) is 0 Å². The van der Waals surface area contributed by atoms with Crippen LogP contribution in [0, 0.1) is 11.8 Å². The largest absolute Gasteiger partial charge is 0.315 e. The molecule has 2 nitrogen and oxygen atoms in total. The van der Waals surface area contributed by atoms with Crippen molar-refractivity contribution >= 4 is 0 Å². The average Bonchev–Trinajstić information content (AvgIpc) is 2.46. The minimum Gasteiger partial charge on any atom is -0.315 e. The Kier molecular flexibility index (Phi) is 6.15. The molecule has 2 heteroatoms. The molecule has 1 unspecified atom stereocenters. The summed E-state index contributed by atoms with van der Waals surface area (Å²) >= 11 is 0. The average molecular weight is 266 g/mol. The van der Waals surface area contributed by atoms with Gasteiger partial charge in [-0.2, -0.15) is 0 Å². The van der Waals surface area contributed by atoms with E-state index in [0.29, 0.717) is 0 Å². The van der Waals surface area contributed by atoms with Gasteiger partial charge in [-0.15, -0.1) is 0 Å². The summed E-state index contributed by atoms with van der Waals surface area (Å²) in [6, 6.07) is 1.69. The van der Waals surface area contributed by atoms with Crippen molar-refractivity contribution in [2.45, 2.75) is 77.8 Å². The predicted molar refractivity (Wildman–Crippen MR) is 83.5 cm³/mol. The Morgan fingerprint density at radius 2 is 1.79 bits per heavy atom. The van der Waals surface area contributed by atoms with Crippen molar-refractivity contribution < 1.29 is 0 Å². The van der Waals surface area contributed by atoms with Gasteiger partial charge in [-0.25, -0.2) is 0 Å². The second-order valence-corrected chi connectivity index (χ2v) is 7.05. The molecule has 1 saturated carbocycles. The summed E-state index contributed by atoms with van der Waals surface area (Å²) in [5.74, 6) is 1.88. The van der Waals surface area contributed by atoms with Crippen LogP contribution in [0.2, 0.25) is 0 Å². The molecular formula is C17H34N2. The second-order valence-electron chi connectivity index (χ2n) is 7.05. The highest BCUT2D eigenvalue weighted by Crippen LogP contribution is 2.33. The Morgan fingerprint density at radius 1 is 1.05 bits per heavy atom. The number of rotatable bonds is 5. The lowest BCUT2D eigenvalue weighted by molar-refractivity contribution is 0.0702. The maximum atomic E-state index is 3.60. The normalized spacial score (nSPS) is 33.0. The lowest BCUT2D eigenvalue weighted by Gasteiger charge is -2.43. The molecule has 0 aromatic carbocycles. The predicted octanol–water partition coefficient (Wildman–Crippen LogP) is 3.67. The fourth-order valence-electron chi connectivity index (χ4n) is 4.14. The van der Waals surface area contributed by atoms with Gasteiger partial charge in [0.2, 0.25) is 0 Å². The topological polar surface area (TPSA) is 15.3 Å². The van der Waals surface area contributed by atoms with E-state index in [4.69, 9.17) is 0 Å². The van der Waals surface area contributed by atoms with E-state index in [1.54, 1.807) is 0 Å². The van der Waals surface area contributed by atoms with E-state index in [-0.39, 0.29) is 0 Å². The Morgan fingerprint density at radius 3 is 2.32 bits per heavy atom. The van der Waals surface area contributed by atoms with Crippen LogP contribution in [0.25, 0.3) is 0 Å². The van der Waals surface area contributed by atoms with Crippen LogP contribution in [0.5, 0.6) is 0 Å². The van der Waals surface area contributed by atoms with Crippen LogP contribution < -0.4 is 5.32 Å². The van der Waals surface area contributed by atoms with Gasteiger partial charge in [-0.1, -0.05) is 20.8 Å². The zero-order chi connectivity index (χ0) is 13.7. The zero-order valence-corrected chi connectivity index (χ0v) is 13.3. The summed E-state index contributed by atoms with van der Waals surface area (Å²) in [4.78, 5) is 2.86. The number of nitrogens with one attached hydrogen (secondary N) is 1. The Hall–Kier alpha value is -0.0800. The first-order valence-electron chi connectivity index (χ1n) is 8.68. The quantitative estimate of drug-likeness (QED) is 0.817. The van der Waals surface area contributed by atoms with Crippen molar-refractivity contribution in [3.8, 4) is 0 Å². The summed E-state index contributed by atoms with van der Waals surface area (Å²) in [6.07, 6.45) is 9.90. The van der Waals surface area contributed by atoms with Crippen LogP contribution in [0.1, 0.15) is 65.7 Å². The molecule has 19 heavy (non-hydrogen) atoms. The maximum Gasteiger partial charge on any atom is 0.0224 e. The minimum absolute atomic E-state index is 0.814. The fourth-order valence-corrected chi connectivity index (χ4v) is 4.14. The summed E-state index contributed by atoms with van der Waals surface area (Å²) in [5.41, 5.74) is 0. The lowest BCUT2D eigenvalue weighted by atomic mass is 9.79. The van der Waals surface area contributed by atoms with E-state index < -0.39 is 0 Å². The van der Waals surface area contributed by atoms with E-state index in [0.717, 1.165) is 23.9 Å². The standard InChI is InChI=1S/C17H34N2/c1-4-12-19(17-6-5-11-18-13-17)16-9-7-15(8-10-16)14(2)3/h14-18H,4-13H2,1-3H3. The SMILES string of the molecule is CCCN(C1CCC(C(C)C)CC1)C1CCCNC1. The van der Waals surface area contributed by atoms with Gasteiger partial charge in [0.1, 0.15) is 0 Å². The van der Waals surface area contributed by atoms with E-state index in [1.807, 2.05) is 0 Å². The molecule has 1 aliphatic heterocycles. The first-order valence-corrected chi connectivity index (χ1v) is 8.68. The third kappa shape index (κ3) is 4.19. The second kappa shape index (κ2) is 7.64. The first-order chi connectivity index (χ1) is 9.22. The summed E-state index contributed by atoms with van der Waals surface area (Å²) in [6.45, 7) is 10.9. The van der Waals surface area contributed by atoms with Crippen molar-refractivity contribution in [1.82, 2.24) is 10.2 Å². The number of hydrogen-bond acceptors (Lipinski definition) is 2. The lowest BCUT2D eigenvalue weighted by Crippen LogP contribution is -2.51. The molecular weight excluding hydrogens is 232 g/mol. The zero-order valence-electron chi connectivity index (χ0n) is 13.3. The molecule has 0 radical (unpaired) electrons. The number of hydrogen-bond donors (Lipinski definition) is 1. The van der Waals surface area contributed by atoms with Crippen LogP contribution in [-0.4, -0.2) is 36.6 Å². The van der Waals surface area contributed by atoms with Crippen LogP contribution in [0.4, 0.5) is 0 Å². The van der Waals surface area contributed by atoms with Crippen molar-refractivity contribution in [1.29, 1.82) is 0 Å². The van der Waals surface area contributed by atoms with Gasteiger partial charge in [0.05, 0.1) is 0 Å². The van der Waals surface area contributed by atoms with Crippen LogP contribution >= 0.6 is 0 Å². The highest BCUT2D eigenvalue weighted by Gasteiger charge is 2.31. The molecule has 0 aromatic heterocycles. The molecule has 0 spiro atoms. The third-order valence-corrected chi connectivity index (χ3v) is 5.37. The van der Waals surface area contributed by atoms with Crippen LogP contribution in [0.15, 0.2) is 0 Å². The first kappa shape index (κ1) is 15.3. The van der Waals surface area contributed by atoms with Gasteiger partial charge in [0, 0.05) is 18.6 Å². The molecule has 1 atom stereocenters. The van der Waals surface area contributed by atoms with Crippen molar-refractivity contribution in [2.24, 2.45) is 11.8 Å². The van der Waals surface area contributed by atoms with Crippen molar-refractivity contribution in [3.05, 3.63) is 0 Å². The summed E-state index contributed by atoms with van der Waals surface area (Å²) in [7, 11) is 0. The monoisotopic (exact) mass is 266 g/mol. The van der Waals surface area contributed by atoms with Crippen LogP contribution in [0.3, 0.4) is 0 Å². The van der Waals surface area contributed by atoms with Crippen LogP contribution in [-0.2, 0) is 0 Å². The molecule has 2 aliphatic rings. The third-order valence-electron chi connectivity index (χ3n) is 5.37. The van der Waals surface area contributed by atoms with Gasteiger partial charge >= 0.3 is 0 Å². The van der Waals surface area contributed by atoms with E-state index >= 15 is 0 Å². The smallest absolute Gasteiger partial charge is 0.0224 e. The maximum absolute atomic E-state index is 3.60. The fraction of sp³-hybridized carbons (Fsp3) is 1.00. The molecule has 1 aliphatic carbocycles. The molecule has 112 valence electrons. The molecule has 1 N–H and O–H groups in total. The van der Waals surface area contributed by atoms with E-state index in [1.165, 1.54) is 64.6 Å². The molecule has 2 rings (SSSR count). The summed E-state index contributed by atoms with van der Waals surface area (Å²) < 4.78 is 0. The van der Waals surface area contributed by atoms with E-state index in [9.17, 15) is 0 Å². The van der Waals surface area contributed by atoms with Gasteiger partial charge in [0.25, 0.3) is 0 Å².